The maximum Gasteiger partial charge on any atom is 0.267 e. The molecule has 0 spiro atoms. The van der Waals surface area contributed by atoms with Crippen LogP contribution in [0.3, 0.4) is 0 Å². The number of nitrogens with zero attached hydrogens (tertiary/aromatic N) is 2. The number of pyridine rings is 1. The second-order valence-corrected chi connectivity index (χ2v) is 6.94. The van der Waals surface area contributed by atoms with Gasteiger partial charge in [0.15, 0.2) is 5.78 Å². The van der Waals surface area contributed by atoms with E-state index in [2.05, 4.69) is 4.98 Å². The van der Waals surface area contributed by atoms with Gasteiger partial charge in [-0.05, 0) is 30.2 Å². The highest BCUT2D eigenvalue weighted by molar-refractivity contribution is 6.31. The summed E-state index contributed by atoms with van der Waals surface area (Å²) < 4.78 is 7.03. The van der Waals surface area contributed by atoms with E-state index in [4.69, 9.17) is 22.1 Å². The summed E-state index contributed by atoms with van der Waals surface area (Å²) in [6, 6.07) is 10.8. The van der Waals surface area contributed by atoms with E-state index in [0.29, 0.717) is 34.6 Å². The van der Waals surface area contributed by atoms with Crippen molar-refractivity contribution in [2.75, 3.05) is 13.7 Å². The highest BCUT2D eigenvalue weighted by Gasteiger charge is 2.24. The van der Waals surface area contributed by atoms with Crippen LogP contribution < -0.4 is 5.73 Å². The molecule has 2 heterocycles. The predicted octanol–water partition coefficient (Wildman–Crippen LogP) is 3.62. The molecule has 1 amide bonds. The summed E-state index contributed by atoms with van der Waals surface area (Å²) in [7, 11) is 1.49. The first-order valence-electron chi connectivity index (χ1n) is 9.05. The van der Waals surface area contributed by atoms with E-state index in [1.807, 2.05) is 35.8 Å². The first-order valence-corrected chi connectivity index (χ1v) is 9.43. The second-order valence-electron chi connectivity index (χ2n) is 6.54. The van der Waals surface area contributed by atoms with Crippen LogP contribution in [0.1, 0.15) is 45.4 Å². The van der Waals surface area contributed by atoms with Crippen LogP contribution in [0.2, 0.25) is 5.02 Å². The van der Waals surface area contributed by atoms with Crippen molar-refractivity contribution in [1.82, 2.24) is 9.55 Å². The summed E-state index contributed by atoms with van der Waals surface area (Å²) in [4.78, 5) is 28.9. The Labute approximate surface area is 168 Å². The highest BCUT2D eigenvalue weighted by Crippen LogP contribution is 2.29. The van der Waals surface area contributed by atoms with Gasteiger partial charge < -0.3 is 15.0 Å². The van der Waals surface area contributed by atoms with Gasteiger partial charge in [0.1, 0.15) is 17.9 Å². The number of amides is 1. The highest BCUT2D eigenvalue weighted by atomic mass is 35.5. The lowest BCUT2D eigenvalue weighted by Gasteiger charge is -2.12. The number of fused-ring (bicyclic) bond motifs is 1. The molecule has 2 aromatic heterocycles. The maximum absolute atomic E-state index is 12.8. The van der Waals surface area contributed by atoms with Gasteiger partial charge in [-0.3, -0.25) is 9.59 Å². The molecule has 28 heavy (non-hydrogen) atoms. The monoisotopic (exact) mass is 399 g/mol. The van der Waals surface area contributed by atoms with Gasteiger partial charge in [-0.2, -0.15) is 0 Å². The largest absolute Gasteiger partial charge is 0.377 e. The average molecular weight is 400 g/mol. The van der Waals surface area contributed by atoms with Gasteiger partial charge in [-0.1, -0.05) is 43.1 Å². The zero-order valence-electron chi connectivity index (χ0n) is 15.9. The van der Waals surface area contributed by atoms with Crippen molar-refractivity contribution in [2.24, 2.45) is 5.73 Å². The van der Waals surface area contributed by atoms with Crippen molar-refractivity contribution in [3.8, 4) is 0 Å². The Balaban J connectivity index is 2.29. The standard InChI is InChI=1S/C21H22ClN3O3/c1-3-6-17-19(18(26)12-28-2)14-9-10-16(20(23)27)24-21(14)25(17)11-13-7-4-5-8-15(13)22/h4-5,7-10H,3,6,11-12H2,1-2H3,(H2,23,27). The van der Waals surface area contributed by atoms with Gasteiger partial charge in [-0.25, -0.2) is 4.98 Å². The van der Waals surface area contributed by atoms with Crippen LogP contribution in [0.25, 0.3) is 11.0 Å². The molecular formula is C21H22ClN3O3. The summed E-state index contributed by atoms with van der Waals surface area (Å²) in [5.41, 5.74) is 8.45. The number of hydrogen-bond acceptors (Lipinski definition) is 4. The minimum absolute atomic E-state index is 0.0283. The Bertz CT molecular complexity index is 1040. The fourth-order valence-corrected chi connectivity index (χ4v) is 3.58. The van der Waals surface area contributed by atoms with E-state index in [1.165, 1.54) is 7.11 Å². The number of aromatic nitrogens is 2. The van der Waals surface area contributed by atoms with Crippen LogP contribution in [-0.2, 0) is 17.7 Å². The van der Waals surface area contributed by atoms with Crippen molar-refractivity contribution in [2.45, 2.75) is 26.3 Å². The minimum Gasteiger partial charge on any atom is -0.377 e. The van der Waals surface area contributed by atoms with Crippen LogP contribution in [0.5, 0.6) is 0 Å². The van der Waals surface area contributed by atoms with E-state index in [0.717, 1.165) is 17.7 Å². The number of methoxy groups -OCH3 is 1. The van der Waals surface area contributed by atoms with Gasteiger partial charge in [0, 0.05) is 23.2 Å². The molecule has 0 aliphatic heterocycles. The fourth-order valence-electron chi connectivity index (χ4n) is 3.38. The molecule has 0 saturated carbocycles. The number of hydrogen-bond donors (Lipinski definition) is 1. The molecular weight excluding hydrogens is 378 g/mol. The molecule has 0 unspecified atom stereocenters. The molecule has 3 aromatic rings. The Kier molecular flexibility index (Phi) is 6.11. The number of nitrogens with two attached hydrogens (primary N) is 1. The van der Waals surface area contributed by atoms with Crippen molar-refractivity contribution in [3.05, 3.63) is 63.9 Å². The number of halogens is 1. The second kappa shape index (κ2) is 8.54. The summed E-state index contributed by atoms with van der Waals surface area (Å²) in [6.07, 6.45) is 1.52. The average Bonchev–Trinajstić information content (AvgIpc) is 2.97. The predicted molar refractivity (Wildman–Crippen MR) is 109 cm³/mol. The fraction of sp³-hybridized carbons (Fsp3) is 0.286. The molecule has 146 valence electrons. The van der Waals surface area contributed by atoms with Crippen LogP contribution in [-0.4, -0.2) is 35.0 Å². The first kappa shape index (κ1) is 20.0. The lowest BCUT2D eigenvalue weighted by atomic mass is 10.0. The summed E-state index contributed by atoms with van der Waals surface area (Å²) in [5.74, 6) is -0.739. The molecule has 2 N–H and O–H groups in total. The number of primary amides is 1. The molecule has 3 rings (SSSR count). The molecule has 0 atom stereocenters. The van der Waals surface area contributed by atoms with E-state index < -0.39 is 5.91 Å². The van der Waals surface area contributed by atoms with Crippen molar-refractivity contribution in [3.63, 3.8) is 0 Å². The van der Waals surface area contributed by atoms with Crippen LogP contribution >= 0.6 is 11.6 Å². The first-order chi connectivity index (χ1) is 13.5. The quantitative estimate of drug-likeness (QED) is 0.586. The molecule has 7 heteroatoms. The molecule has 0 aliphatic rings. The zero-order valence-corrected chi connectivity index (χ0v) is 16.6. The van der Waals surface area contributed by atoms with Gasteiger partial charge in [0.2, 0.25) is 0 Å². The molecule has 1 aromatic carbocycles. The maximum atomic E-state index is 12.8. The molecule has 0 radical (unpaired) electrons. The zero-order chi connectivity index (χ0) is 20.3. The Morgan fingerprint density at radius 3 is 2.61 bits per heavy atom. The molecule has 0 bridgehead atoms. The van der Waals surface area contributed by atoms with Crippen LogP contribution in [0, 0.1) is 0 Å². The number of benzene rings is 1. The molecule has 6 nitrogen and oxygen atoms in total. The van der Waals surface area contributed by atoms with Crippen molar-refractivity contribution in [1.29, 1.82) is 0 Å². The number of carbonyl (C=O) groups is 2. The third-order valence-corrected chi connectivity index (χ3v) is 4.96. The van der Waals surface area contributed by atoms with E-state index >= 15 is 0 Å². The Morgan fingerprint density at radius 1 is 1.21 bits per heavy atom. The van der Waals surface area contributed by atoms with Crippen molar-refractivity contribution < 1.29 is 14.3 Å². The van der Waals surface area contributed by atoms with Gasteiger partial charge in [0.05, 0.1) is 12.1 Å². The normalized spacial score (nSPS) is 11.1. The van der Waals surface area contributed by atoms with E-state index in [-0.39, 0.29) is 18.1 Å². The number of ketones is 1. The minimum atomic E-state index is -0.616. The van der Waals surface area contributed by atoms with Crippen LogP contribution in [0.4, 0.5) is 0 Å². The SMILES string of the molecule is CCCc1c(C(=O)COC)c2ccc(C(N)=O)nc2n1Cc1ccccc1Cl. The lowest BCUT2D eigenvalue weighted by molar-refractivity contribution is 0.0848. The lowest BCUT2D eigenvalue weighted by Crippen LogP contribution is -2.14. The smallest absolute Gasteiger partial charge is 0.267 e. The number of Topliss-reactive ketones (excluding diaryl/α,β-unsaturated/α-hetero) is 1. The van der Waals surface area contributed by atoms with Crippen molar-refractivity contribution >= 4 is 34.3 Å². The van der Waals surface area contributed by atoms with E-state index in [9.17, 15) is 9.59 Å². The number of ether oxygens (including phenoxy) is 1. The topological polar surface area (TPSA) is 87.2 Å². The summed E-state index contributed by atoms with van der Waals surface area (Å²) in [5, 5.41) is 1.31. The van der Waals surface area contributed by atoms with E-state index in [1.54, 1.807) is 12.1 Å². The number of carbonyl (C=O) groups excluding carboxylic acids is 2. The molecule has 0 saturated heterocycles. The number of rotatable bonds is 8. The Hall–Kier alpha value is -2.70. The molecule has 0 aliphatic carbocycles. The molecule has 0 fully saturated rings. The van der Waals surface area contributed by atoms with Gasteiger partial charge in [0.25, 0.3) is 5.91 Å². The Morgan fingerprint density at radius 2 is 1.96 bits per heavy atom. The summed E-state index contributed by atoms with van der Waals surface area (Å²) in [6.45, 7) is 2.45. The third kappa shape index (κ3) is 3.79. The van der Waals surface area contributed by atoms with Crippen LogP contribution in [0.15, 0.2) is 36.4 Å². The van der Waals surface area contributed by atoms with Gasteiger partial charge >= 0.3 is 0 Å². The third-order valence-electron chi connectivity index (χ3n) is 4.59. The summed E-state index contributed by atoms with van der Waals surface area (Å²) >= 11 is 6.36. The van der Waals surface area contributed by atoms with Gasteiger partial charge in [-0.15, -0.1) is 0 Å².